The van der Waals surface area contributed by atoms with E-state index in [1.807, 2.05) is 30.3 Å². The normalized spacial score (nSPS) is 11.7. The first kappa shape index (κ1) is 20.0. The van der Waals surface area contributed by atoms with Gasteiger partial charge < -0.3 is 14.5 Å². The van der Waals surface area contributed by atoms with E-state index in [4.69, 9.17) is 9.15 Å². The highest BCUT2D eigenvalue weighted by Gasteiger charge is 2.25. The predicted molar refractivity (Wildman–Crippen MR) is 110 cm³/mol. The van der Waals surface area contributed by atoms with Crippen molar-refractivity contribution < 1.29 is 18.7 Å². The number of nitrogens with zero attached hydrogens (tertiary/aromatic N) is 3. The maximum Gasteiger partial charge on any atom is 0.330 e. The third-order valence-corrected chi connectivity index (χ3v) is 4.58. The topological polar surface area (TPSA) is 116 Å². The first-order valence-corrected chi connectivity index (χ1v) is 9.49. The summed E-state index contributed by atoms with van der Waals surface area (Å²) in [6.45, 7) is -0.433. The summed E-state index contributed by atoms with van der Waals surface area (Å²) in [5.41, 5.74) is 0.840. The van der Waals surface area contributed by atoms with Crippen molar-refractivity contribution in [2.45, 2.75) is 19.2 Å². The van der Waals surface area contributed by atoms with E-state index < -0.39 is 30.2 Å². The molecule has 1 amide bonds. The average molecular weight is 418 g/mol. The standard InChI is InChI=1S/C22H18N4O5/c27-20(19-11-6-12-30-19)23-18(13-15-7-2-1-3-8-15)22(29)31-14-26-21(28)16-9-4-5-10-17(16)24-25-26/h1-12,18H,13-14H2,(H,23,27)/t18-/m0/s1. The fourth-order valence-corrected chi connectivity index (χ4v) is 3.01. The fraction of sp³-hybridized carbons (Fsp3) is 0.136. The van der Waals surface area contributed by atoms with E-state index in [0.29, 0.717) is 10.9 Å². The molecular formula is C22H18N4O5. The largest absolute Gasteiger partial charge is 0.459 e. The second-order valence-electron chi connectivity index (χ2n) is 6.70. The summed E-state index contributed by atoms with van der Waals surface area (Å²) in [5.74, 6) is -1.20. The molecule has 4 aromatic rings. The van der Waals surface area contributed by atoms with E-state index in [1.165, 1.54) is 12.3 Å². The lowest BCUT2D eigenvalue weighted by Crippen LogP contribution is -2.44. The quantitative estimate of drug-likeness (QED) is 0.456. The van der Waals surface area contributed by atoms with Gasteiger partial charge in [0.2, 0.25) is 0 Å². The van der Waals surface area contributed by atoms with Gasteiger partial charge in [-0.1, -0.05) is 47.7 Å². The minimum Gasteiger partial charge on any atom is -0.459 e. The molecule has 0 aliphatic heterocycles. The lowest BCUT2D eigenvalue weighted by molar-refractivity contribution is -0.150. The molecule has 1 N–H and O–H groups in total. The molecule has 9 nitrogen and oxygen atoms in total. The van der Waals surface area contributed by atoms with Gasteiger partial charge in [0, 0.05) is 6.42 Å². The van der Waals surface area contributed by atoms with Crippen molar-refractivity contribution in [3.63, 3.8) is 0 Å². The summed E-state index contributed by atoms with van der Waals surface area (Å²) >= 11 is 0. The van der Waals surface area contributed by atoms with Gasteiger partial charge in [-0.3, -0.25) is 9.59 Å². The van der Waals surface area contributed by atoms with Gasteiger partial charge in [-0.05, 0) is 29.8 Å². The summed E-state index contributed by atoms with van der Waals surface area (Å²) in [6, 6.07) is 18.0. The van der Waals surface area contributed by atoms with Gasteiger partial charge in [0.1, 0.15) is 11.6 Å². The van der Waals surface area contributed by atoms with Crippen LogP contribution in [0.3, 0.4) is 0 Å². The summed E-state index contributed by atoms with van der Waals surface area (Å²) in [5, 5.41) is 10.7. The lowest BCUT2D eigenvalue weighted by Gasteiger charge is -2.17. The number of ether oxygens (including phenoxy) is 1. The molecule has 0 bridgehead atoms. The molecule has 0 radical (unpaired) electrons. The molecule has 2 heterocycles. The molecular weight excluding hydrogens is 400 g/mol. The highest BCUT2D eigenvalue weighted by molar-refractivity contribution is 5.94. The number of nitrogens with one attached hydrogen (secondary N) is 1. The average Bonchev–Trinajstić information content (AvgIpc) is 3.34. The number of furan rings is 1. The third kappa shape index (κ3) is 4.67. The van der Waals surface area contributed by atoms with Crippen LogP contribution < -0.4 is 10.9 Å². The van der Waals surface area contributed by atoms with E-state index in [1.54, 1.807) is 30.3 Å². The number of esters is 1. The predicted octanol–water partition coefficient (Wildman–Crippen LogP) is 1.93. The SMILES string of the molecule is O=C(N[C@@H](Cc1ccccc1)C(=O)OCn1nnc2ccccc2c1=O)c1ccco1. The third-order valence-electron chi connectivity index (χ3n) is 4.58. The van der Waals surface area contributed by atoms with Gasteiger partial charge in [0.05, 0.1) is 11.6 Å². The highest BCUT2D eigenvalue weighted by atomic mass is 16.5. The van der Waals surface area contributed by atoms with Gasteiger partial charge >= 0.3 is 5.97 Å². The molecule has 4 rings (SSSR count). The van der Waals surface area contributed by atoms with Crippen LogP contribution in [0.2, 0.25) is 0 Å². The number of aromatic nitrogens is 3. The first-order chi connectivity index (χ1) is 15.1. The monoisotopic (exact) mass is 418 g/mol. The second-order valence-corrected chi connectivity index (χ2v) is 6.70. The zero-order valence-electron chi connectivity index (χ0n) is 16.3. The van der Waals surface area contributed by atoms with Crippen LogP contribution in [-0.4, -0.2) is 32.9 Å². The van der Waals surface area contributed by atoms with E-state index in [0.717, 1.165) is 10.2 Å². The zero-order chi connectivity index (χ0) is 21.6. The van der Waals surface area contributed by atoms with Gasteiger partial charge in [0.25, 0.3) is 11.5 Å². The second kappa shape index (κ2) is 9.04. The first-order valence-electron chi connectivity index (χ1n) is 9.49. The Bertz CT molecular complexity index is 1250. The molecule has 2 aromatic carbocycles. The number of carbonyl (C=O) groups excluding carboxylic acids is 2. The van der Waals surface area contributed by atoms with E-state index >= 15 is 0 Å². The van der Waals surface area contributed by atoms with Crippen LogP contribution in [0.4, 0.5) is 0 Å². The molecule has 0 spiro atoms. The minimum atomic E-state index is -0.996. The summed E-state index contributed by atoms with van der Waals surface area (Å²) < 4.78 is 11.3. The Kier molecular flexibility index (Phi) is 5.84. The van der Waals surface area contributed by atoms with Crippen molar-refractivity contribution in [3.8, 4) is 0 Å². The maximum atomic E-state index is 12.8. The summed E-state index contributed by atoms with van der Waals surface area (Å²) in [4.78, 5) is 37.7. The van der Waals surface area contributed by atoms with Gasteiger partial charge in [-0.15, -0.1) is 5.10 Å². The molecule has 2 aromatic heterocycles. The Hall–Kier alpha value is -4.27. The molecule has 0 saturated carbocycles. The van der Waals surface area contributed by atoms with Crippen molar-refractivity contribution in [1.29, 1.82) is 0 Å². The molecule has 156 valence electrons. The van der Waals surface area contributed by atoms with Gasteiger partial charge in [0.15, 0.2) is 12.5 Å². The maximum absolute atomic E-state index is 12.8. The van der Waals surface area contributed by atoms with Gasteiger partial charge in [-0.2, -0.15) is 4.68 Å². The van der Waals surface area contributed by atoms with Crippen molar-refractivity contribution in [2.24, 2.45) is 0 Å². The number of hydrogen-bond acceptors (Lipinski definition) is 7. The van der Waals surface area contributed by atoms with Crippen LogP contribution in [0.25, 0.3) is 10.9 Å². The van der Waals surface area contributed by atoms with Crippen molar-refractivity contribution >= 4 is 22.8 Å². The van der Waals surface area contributed by atoms with E-state index in [9.17, 15) is 14.4 Å². The summed E-state index contributed by atoms with van der Waals surface area (Å²) in [7, 11) is 0. The molecule has 0 aliphatic rings. The zero-order valence-corrected chi connectivity index (χ0v) is 16.3. The number of carbonyl (C=O) groups is 2. The summed E-state index contributed by atoms with van der Waals surface area (Å²) in [6.07, 6.45) is 1.56. The Labute approximate surface area is 176 Å². The molecule has 0 unspecified atom stereocenters. The molecule has 0 fully saturated rings. The number of benzene rings is 2. The van der Waals surface area contributed by atoms with Crippen LogP contribution in [0, 0.1) is 0 Å². The van der Waals surface area contributed by atoms with Crippen LogP contribution in [0.5, 0.6) is 0 Å². The molecule has 0 saturated heterocycles. The molecule has 9 heteroatoms. The van der Waals surface area contributed by atoms with Crippen molar-refractivity contribution in [3.05, 3.63) is 94.7 Å². The van der Waals surface area contributed by atoms with Crippen molar-refractivity contribution in [2.75, 3.05) is 0 Å². The van der Waals surface area contributed by atoms with Crippen LogP contribution in [0.15, 0.2) is 82.2 Å². The van der Waals surface area contributed by atoms with Crippen LogP contribution in [-0.2, 0) is 22.7 Å². The van der Waals surface area contributed by atoms with E-state index in [-0.39, 0.29) is 12.2 Å². The van der Waals surface area contributed by atoms with Crippen LogP contribution >= 0.6 is 0 Å². The Morgan fingerprint density at radius 3 is 2.58 bits per heavy atom. The minimum absolute atomic E-state index is 0.0717. The lowest BCUT2D eigenvalue weighted by atomic mass is 10.1. The highest BCUT2D eigenvalue weighted by Crippen LogP contribution is 2.08. The van der Waals surface area contributed by atoms with Crippen molar-refractivity contribution in [1.82, 2.24) is 20.3 Å². The Morgan fingerprint density at radius 2 is 1.81 bits per heavy atom. The Morgan fingerprint density at radius 1 is 1.03 bits per heavy atom. The van der Waals surface area contributed by atoms with Gasteiger partial charge in [-0.25, -0.2) is 4.79 Å². The smallest absolute Gasteiger partial charge is 0.330 e. The molecule has 0 aliphatic carbocycles. The van der Waals surface area contributed by atoms with E-state index in [2.05, 4.69) is 15.6 Å². The number of amides is 1. The number of hydrogen-bond donors (Lipinski definition) is 1. The Balaban J connectivity index is 1.50. The molecule has 1 atom stereocenters. The van der Waals surface area contributed by atoms with Crippen LogP contribution in [0.1, 0.15) is 16.1 Å². The fourth-order valence-electron chi connectivity index (χ4n) is 3.01. The number of rotatable bonds is 7. The molecule has 31 heavy (non-hydrogen) atoms. The number of fused-ring (bicyclic) bond motifs is 1.